The number of carbonyl (C=O) groups is 1. The van der Waals surface area contributed by atoms with Crippen molar-refractivity contribution in [3.63, 3.8) is 0 Å². The molecule has 6 heteroatoms. The number of hydrogen-bond donors (Lipinski definition) is 2. The van der Waals surface area contributed by atoms with Crippen molar-refractivity contribution < 1.29 is 9.53 Å². The van der Waals surface area contributed by atoms with Crippen molar-refractivity contribution in [2.45, 2.75) is 26.8 Å². The molecule has 1 amide bonds. The van der Waals surface area contributed by atoms with Crippen molar-refractivity contribution in [3.8, 4) is 5.75 Å². The Morgan fingerprint density at radius 3 is 2.45 bits per heavy atom. The molecule has 0 spiro atoms. The number of anilines is 2. The van der Waals surface area contributed by atoms with Crippen LogP contribution in [-0.4, -0.2) is 18.0 Å². The van der Waals surface area contributed by atoms with Gasteiger partial charge in [-0.05, 0) is 62.2 Å². The number of ether oxygens (including phenoxy) is 1. The van der Waals surface area contributed by atoms with Gasteiger partial charge in [0.2, 0.25) is 0 Å². The zero-order valence-corrected chi connectivity index (χ0v) is 20.0. The van der Waals surface area contributed by atoms with Crippen LogP contribution in [0.25, 0.3) is 0 Å². The van der Waals surface area contributed by atoms with Gasteiger partial charge in [-0.3, -0.25) is 4.79 Å². The van der Waals surface area contributed by atoms with Crippen LogP contribution >= 0.6 is 11.3 Å². The third-order valence-corrected chi connectivity index (χ3v) is 6.78. The van der Waals surface area contributed by atoms with Crippen molar-refractivity contribution in [2.24, 2.45) is 0 Å². The highest BCUT2D eigenvalue weighted by molar-refractivity contribution is 7.16. The molecule has 2 N–H and O–H groups in total. The molecule has 5 nitrogen and oxygen atoms in total. The minimum absolute atomic E-state index is 0.134. The lowest BCUT2D eigenvalue weighted by atomic mass is 9.95. The Balaban J connectivity index is 1.82. The number of hydrogen-bond acceptors (Lipinski definition) is 5. The first-order valence-corrected chi connectivity index (χ1v) is 11.6. The molecule has 33 heavy (non-hydrogen) atoms. The number of methoxy groups -OCH3 is 1. The van der Waals surface area contributed by atoms with E-state index in [2.05, 4.69) is 29.5 Å². The predicted octanol–water partition coefficient (Wildman–Crippen LogP) is 6.53. The van der Waals surface area contributed by atoms with E-state index in [0.717, 1.165) is 43.7 Å². The van der Waals surface area contributed by atoms with Crippen LogP contribution in [0.5, 0.6) is 5.75 Å². The highest BCUT2D eigenvalue weighted by Crippen LogP contribution is 2.43. The molecule has 0 saturated carbocycles. The fourth-order valence-corrected chi connectivity index (χ4v) is 4.92. The van der Waals surface area contributed by atoms with E-state index in [9.17, 15) is 4.79 Å². The van der Waals surface area contributed by atoms with E-state index < -0.39 is 0 Å². The van der Waals surface area contributed by atoms with Gasteiger partial charge < -0.3 is 15.4 Å². The van der Waals surface area contributed by atoms with Crippen LogP contribution in [0.2, 0.25) is 0 Å². The second kappa shape index (κ2) is 9.88. The molecule has 0 radical (unpaired) electrons. The number of para-hydroxylation sites is 1. The summed E-state index contributed by atoms with van der Waals surface area (Å²) in [5.41, 5.74) is 4.84. The quantitative estimate of drug-likeness (QED) is 0.331. The molecule has 4 rings (SSSR count). The van der Waals surface area contributed by atoms with Gasteiger partial charge in [-0.2, -0.15) is 0 Å². The third kappa shape index (κ3) is 4.91. The molecule has 4 aromatic rings. The standard InChI is InChI=1S/C27H27N3O2S/c1-17-14-15-28-23(16-17)29-25(21-12-8-9-13-22(21)32-4)24-18(2)19(3)33-27(24)30-26(31)20-10-6-5-7-11-20/h5-16,25H,1-4H3,(H,28,29)(H,30,31). The molecular weight excluding hydrogens is 430 g/mol. The molecule has 168 valence electrons. The van der Waals surface area contributed by atoms with E-state index in [0.29, 0.717) is 5.56 Å². The summed E-state index contributed by atoms with van der Waals surface area (Å²) in [6, 6.07) is 20.9. The number of pyridine rings is 1. The van der Waals surface area contributed by atoms with Gasteiger partial charge in [0.25, 0.3) is 5.91 Å². The van der Waals surface area contributed by atoms with E-state index in [4.69, 9.17) is 4.74 Å². The van der Waals surface area contributed by atoms with Gasteiger partial charge in [0.15, 0.2) is 0 Å². The van der Waals surface area contributed by atoms with Gasteiger partial charge in [-0.1, -0.05) is 36.4 Å². The summed E-state index contributed by atoms with van der Waals surface area (Å²) in [5, 5.41) is 7.57. The number of aryl methyl sites for hydroxylation is 2. The Morgan fingerprint density at radius 2 is 1.73 bits per heavy atom. The summed E-state index contributed by atoms with van der Waals surface area (Å²) >= 11 is 1.58. The highest BCUT2D eigenvalue weighted by Gasteiger charge is 2.27. The Morgan fingerprint density at radius 1 is 1.00 bits per heavy atom. The molecule has 0 fully saturated rings. The van der Waals surface area contributed by atoms with Crippen LogP contribution in [0, 0.1) is 20.8 Å². The van der Waals surface area contributed by atoms with E-state index >= 15 is 0 Å². The van der Waals surface area contributed by atoms with Crippen molar-refractivity contribution in [1.29, 1.82) is 0 Å². The van der Waals surface area contributed by atoms with Crippen molar-refractivity contribution >= 4 is 28.1 Å². The minimum atomic E-state index is -0.272. The first-order chi connectivity index (χ1) is 16.0. The maximum Gasteiger partial charge on any atom is 0.256 e. The second-order valence-electron chi connectivity index (χ2n) is 7.88. The predicted molar refractivity (Wildman–Crippen MR) is 136 cm³/mol. The Labute approximate surface area is 198 Å². The monoisotopic (exact) mass is 457 g/mol. The highest BCUT2D eigenvalue weighted by atomic mass is 32.1. The minimum Gasteiger partial charge on any atom is -0.496 e. The number of nitrogens with one attached hydrogen (secondary N) is 2. The Hall–Kier alpha value is -3.64. The molecule has 0 saturated heterocycles. The SMILES string of the molecule is COc1ccccc1C(Nc1cc(C)ccn1)c1c(NC(=O)c2ccccc2)sc(C)c1C. The smallest absolute Gasteiger partial charge is 0.256 e. The van der Waals surface area contributed by atoms with Crippen LogP contribution in [-0.2, 0) is 0 Å². The van der Waals surface area contributed by atoms with Crippen LogP contribution in [0.15, 0.2) is 72.9 Å². The molecule has 2 aromatic heterocycles. The van der Waals surface area contributed by atoms with Crippen molar-refractivity contribution in [2.75, 3.05) is 17.7 Å². The zero-order valence-electron chi connectivity index (χ0n) is 19.2. The normalized spacial score (nSPS) is 11.6. The average Bonchev–Trinajstić information content (AvgIpc) is 3.10. The number of carbonyl (C=O) groups excluding carboxylic acids is 1. The summed E-state index contributed by atoms with van der Waals surface area (Å²) in [5.74, 6) is 1.39. The van der Waals surface area contributed by atoms with Crippen molar-refractivity contribution in [1.82, 2.24) is 4.98 Å². The average molecular weight is 458 g/mol. The van der Waals surface area contributed by atoms with Crippen LogP contribution < -0.4 is 15.4 Å². The molecule has 2 heterocycles. The lowest BCUT2D eigenvalue weighted by molar-refractivity contribution is 0.102. The number of aromatic nitrogens is 1. The van der Waals surface area contributed by atoms with Gasteiger partial charge in [0.1, 0.15) is 16.6 Å². The lowest BCUT2D eigenvalue weighted by Gasteiger charge is -2.24. The van der Waals surface area contributed by atoms with Crippen LogP contribution in [0.3, 0.4) is 0 Å². The van der Waals surface area contributed by atoms with E-state index in [1.54, 1.807) is 24.6 Å². The largest absolute Gasteiger partial charge is 0.496 e. The van der Waals surface area contributed by atoms with Crippen LogP contribution in [0.1, 0.15) is 43.5 Å². The number of amides is 1. The number of benzene rings is 2. The van der Waals surface area contributed by atoms with Gasteiger partial charge in [-0.15, -0.1) is 11.3 Å². The van der Waals surface area contributed by atoms with Gasteiger partial charge in [0, 0.05) is 27.8 Å². The first kappa shape index (κ1) is 22.6. The molecule has 1 atom stereocenters. The Kier molecular flexibility index (Phi) is 6.75. The zero-order chi connectivity index (χ0) is 23.4. The molecule has 0 aliphatic heterocycles. The summed E-state index contributed by atoms with van der Waals surface area (Å²) in [7, 11) is 1.67. The molecular formula is C27H27N3O2S. The number of thiophene rings is 1. The summed E-state index contributed by atoms with van der Waals surface area (Å²) < 4.78 is 5.70. The lowest BCUT2D eigenvalue weighted by Crippen LogP contribution is -2.18. The van der Waals surface area contributed by atoms with Crippen LogP contribution in [0.4, 0.5) is 10.8 Å². The fourth-order valence-electron chi connectivity index (χ4n) is 3.82. The maximum absolute atomic E-state index is 13.0. The van der Waals surface area contributed by atoms with E-state index in [1.807, 2.05) is 73.7 Å². The van der Waals surface area contributed by atoms with Gasteiger partial charge in [-0.25, -0.2) is 4.98 Å². The second-order valence-corrected chi connectivity index (χ2v) is 9.11. The van der Waals surface area contributed by atoms with E-state index in [-0.39, 0.29) is 11.9 Å². The molecule has 0 aliphatic rings. The maximum atomic E-state index is 13.0. The molecule has 0 bridgehead atoms. The van der Waals surface area contributed by atoms with E-state index in [1.165, 1.54) is 0 Å². The van der Waals surface area contributed by atoms with Gasteiger partial charge >= 0.3 is 0 Å². The molecule has 2 aromatic carbocycles. The summed E-state index contributed by atoms with van der Waals surface area (Å²) in [6.07, 6.45) is 1.79. The summed E-state index contributed by atoms with van der Waals surface area (Å²) in [4.78, 5) is 18.7. The molecule has 0 aliphatic carbocycles. The first-order valence-electron chi connectivity index (χ1n) is 10.8. The third-order valence-electron chi connectivity index (χ3n) is 5.64. The summed E-state index contributed by atoms with van der Waals surface area (Å²) in [6.45, 7) is 6.20. The van der Waals surface area contributed by atoms with Crippen molar-refractivity contribution in [3.05, 3.63) is 106 Å². The number of nitrogens with zero attached hydrogens (tertiary/aromatic N) is 1. The van der Waals surface area contributed by atoms with Gasteiger partial charge in [0.05, 0.1) is 13.2 Å². The fraction of sp³-hybridized carbons (Fsp3) is 0.185. The number of rotatable bonds is 7. The topological polar surface area (TPSA) is 63.2 Å². The molecule has 1 unspecified atom stereocenters. The Bertz CT molecular complexity index is 1270.